The van der Waals surface area contributed by atoms with Crippen LogP contribution in [0.2, 0.25) is 0 Å². The lowest BCUT2D eigenvalue weighted by atomic mass is 10.2. The largest absolute Gasteiger partial charge is 0.486 e. The zero-order chi connectivity index (χ0) is 18.6. The van der Waals surface area contributed by atoms with E-state index in [-0.39, 0.29) is 6.03 Å². The number of aromatic nitrogens is 2. The molecule has 0 saturated heterocycles. The number of nitrogens with one attached hydrogen (secondary N) is 1. The van der Waals surface area contributed by atoms with E-state index in [1.54, 1.807) is 41.0 Å². The third-order valence-electron chi connectivity index (χ3n) is 4.22. The number of amides is 2. The summed E-state index contributed by atoms with van der Waals surface area (Å²) in [7, 11) is 1.74. The van der Waals surface area contributed by atoms with Crippen LogP contribution in [0.1, 0.15) is 5.56 Å². The first-order valence-corrected chi connectivity index (χ1v) is 8.70. The Labute approximate surface area is 157 Å². The number of nitrogens with zero attached hydrogens (tertiary/aromatic N) is 3. The highest BCUT2D eigenvalue weighted by Crippen LogP contribution is 2.32. The number of carbonyl (C=O) groups is 1. The van der Waals surface area contributed by atoms with Crippen molar-refractivity contribution < 1.29 is 14.3 Å². The zero-order valence-electron chi connectivity index (χ0n) is 15.0. The van der Waals surface area contributed by atoms with Gasteiger partial charge in [-0.2, -0.15) is 5.10 Å². The van der Waals surface area contributed by atoms with Crippen LogP contribution in [0.5, 0.6) is 11.5 Å². The molecule has 4 rings (SSSR count). The van der Waals surface area contributed by atoms with Crippen molar-refractivity contribution in [1.82, 2.24) is 14.7 Å². The lowest BCUT2D eigenvalue weighted by Crippen LogP contribution is -2.30. The fourth-order valence-electron chi connectivity index (χ4n) is 2.85. The SMILES string of the molecule is CN(Cc1cnn(-c2ccccc2)c1)C(=O)Nc1ccc2c(c1)OCCO2. The smallest absolute Gasteiger partial charge is 0.321 e. The van der Waals surface area contributed by atoms with Gasteiger partial charge in [0.05, 0.1) is 18.4 Å². The van der Waals surface area contributed by atoms with Crippen LogP contribution in [-0.4, -0.2) is 41.0 Å². The summed E-state index contributed by atoms with van der Waals surface area (Å²) in [6.07, 6.45) is 3.68. The van der Waals surface area contributed by atoms with Crippen molar-refractivity contribution in [1.29, 1.82) is 0 Å². The number of carbonyl (C=O) groups excluding carboxylic acids is 1. The Bertz CT molecular complexity index is 939. The summed E-state index contributed by atoms with van der Waals surface area (Å²) < 4.78 is 12.8. The standard InChI is InChI=1S/C20H20N4O3/c1-23(13-15-12-21-24(14-15)17-5-3-2-4-6-17)20(25)22-16-7-8-18-19(11-16)27-10-9-26-18/h2-8,11-12,14H,9-10,13H2,1H3,(H,22,25). The van der Waals surface area contributed by atoms with E-state index in [4.69, 9.17) is 9.47 Å². The highest BCUT2D eigenvalue weighted by Gasteiger charge is 2.15. The van der Waals surface area contributed by atoms with Gasteiger partial charge >= 0.3 is 6.03 Å². The molecule has 0 bridgehead atoms. The van der Waals surface area contributed by atoms with Gasteiger partial charge in [0, 0.05) is 30.6 Å². The van der Waals surface area contributed by atoms with Crippen molar-refractivity contribution in [3.8, 4) is 17.2 Å². The van der Waals surface area contributed by atoms with Gasteiger partial charge in [-0.25, -0.2) is 9.48 Å². The number of hydrogen-bond acceptors (Lipinski definition) is 4. The first-order valence-electron chi connectivity index (χ1n) is 8.70. The highest BCUT2D eigenvalue weighted by molar-refractivity contribution is 5.89. The summed E-state index contributed by atoms with van der Waals surface area (Å²) in [6.45, 7) is 1.50. The molecule has 1 aromatic heterocycles. The van der Waals surface area contributed by atoms with Crippen LogP contribution in [0.25, 0.3) is 5.69 Å². The zero-order valence-corrected chi connectivity index (χ0v) is 15.0. The molecule has 0 spiro atoms. The summed E-state index contributed by atoms with van der Waals surface area (Å²) in [4.78, 5) is 14.1. The van der Waals surface area contributed by atoms with Crippen LogP contribution in [-0.2, 0) is 6.54 Å². The molecule has 1 aliphatic rings. The molecule has 0 unspecified atom stereocenters. The van der Waals surface area contributed by atoms with Crippen molar-refractivity contribution in [3.63, 3.8) is 0 Å². The molecule has 2 amide bonds. The Morgan fingerprint density at radius 1 is 1.15 bits per heavy atom. The topological polar surface area (TPSA) is 68.6 Å². The van der Waals surface area contributed by atoms with E-state index in [0.717, 1.165) is 11.3 Å². The summed E-state index contributed by atoms with van der Waals surface area (Å²) in [6, 6.07) is 15.0. The van der Waals surface area contributed by atoms with E-state index in [0.29, 0.717) is 36.9 Å². The van der Waals surface area contributed by atoms with Gasteiger partial charge in [-0.3, -0.25) is 0 Å². The molecule has 1 N–H and O–H groups in total. The summed E-state index contributed by atoms with van der Waals surface area (Å²) in [5.74, 6) is 1.34. The molecule has 0 atom stereocenters. The molecule has 1 aliphatic heterocycles. The van der Waals surface area contributed by atoms with E-state index in [1.807, 2.05) is 36.5 Å². The van der Waals surface area contributed by atoms with Crippen LogP contribution < -0.4 is 14.8 Å². The molecular formula is C20H20N4O3. The van der Waals surface area contributed by atoms with Gasteiger partial charge in [0.25, 0.3) is 0 Å². The van der Waals surface area contributed by atoms with Crippen LogP contribution in [0.4, 0.5) is 10.5 Å². The van der Waals surface area contributed by atoms with Crippen molar-refractivity contribution in [2.75, 3.05) is 25.6 Å². The Morgan fingerprint density at radius 3 is 2.74 bits per heavy atom. The van der Waals surface area contributed by atoms with Gasteiger partial charge in [-0.15, -0.1) is 0 Å². The van der Waals surface area contributed by atoms with Crippen molar-refractivity contribution in [3.05, 3.63) is 66.5 Å². The highest BCUT2D eigenvalue weighted by atomic mass is 16.6. The molecule has 7 heteroatoms. The number of para-hydroxylation sites is 1. The monoisotopic (exact) mass is 364 g/mol. The Morgan fingerprint density at radius 2 is 1.93 bits per heavy atom. The van der Waals surface area contributed by atoms with Gasteiger partial charge in [-0.1, -0.05) is 18.2 Å². The molecule has 7 nitrogen and oxygen atoms in total. The summed E-state index contributed by atoms with van der Waals surface area (Å²) >= 11 is 0. The van der Waals surface area contributed by atoms with Gasteiger partial charge < -0.3 is 19.7 Å². The molecule has 0 saturated carbocycles. The average Bonchev–Trinajstić information content (AvgIpc) is 3.17. The predicted molar refractivity (Wildman–Crippen MR) is 101 cm³/mol. The van der Waals surface area contributed by atoms with Crippen LogP contribution in [0, 0.1) is 0 Å². The first kappa shape index (κ1) is 17.0. The molecule has 0 fully saturated rings. The lowest BCUT2D eigenvalue weighted by molar-refractivity contribution is 0.171. The minimum absolute atomic E-state index is 0.209. The van der Waals surface area contributed by atoms with Gasteiger partial charge in [0.15, 0.2) is 11.5 Å². The fraction of sp³-hybridized carbons (Fsp3) is 0.200. The molecular weight excluding hydrogens is 344 g/mol. The van der Waals surface area contributed by atoms with Crippen LogP contribution in [0.15, 0.2) is 60.9 Å². The quantitative estimate of drug-likeness (QED) is 0.771. The third-order valence-corrected chi connectivity index (χ3v) is 4.22. The Kier molecular flexibility index (Phi) is 4.65. The number of urea groups is 1. The van der Waals surface area contributed by atoms with E-state index in [9.17, 15) is 4.79 Å². The molecule has 138 valence electrons. The van der Waals surface area contributed by atoms with Gasteiger partial charge in [-0.05, 0) is 24.3 Å². The number of benzene rings is 2. The molecule has 2 aromatic carbocycles. The number of fused-ring (bicyclic) bond motifs is 1. The molecule has 0 aliphatic carbocycles. The third kappa shape index (κ3) is 3.87. The van der Waals surface area contributed by atoms with Gasteiger partial charge in [0.1, 0.15) is 13.2 Å². The number of hydrogen-bond donors (Lipinski definition) is 1. The fourth-order valence-corrected chi connectivity index (χ4v) is 2.85. The van der Waals surface area contributed by atoms with Crippen molar-refractivity contribution >= 4 is 11.7 Å². The number of rotatable bonds is 4. The van der Waals surface area contributed by atoms with E-state index in [1.165, 1.54) is 0 Å². The number of ether oxygens (including phenoxy) is 2. The minimum atomic E-state index is -0.209. The van der Waals surface area contributed by atoms with Crippen LogP contribution >= 0.6 is 0 Å². The average molecular weight is 364 g/mol. The second-order valence-electron chi connectivity index (χ2n) is 6.27. The first-order chi connectivity index (χ1) is 13.2. The molecule has 27 heavy (non-hydrogen) atoms. The Hall–Kier alpha value is -3.48. The number of anilines is 1. The maximum absolute atomic E-state index is 12.5. The van der Waals surface area contributed by atoms with E-state index < -0.39 is 0 Å². The summed E-state index contributed by atoms with van der Waals surface area (Å²) in [5, 5.41) is 7.23. The summed E-state index contributed by atoms with van der Waals surface area (Å²) in [5.41, 5.74) is 2.59. The Balaban J connectivity index is 1.39. The van der Waals surface area contributed by atoms with Crippen LogP contribution in [0.3, 0.4) is 0 Å². The minimum Gasteiger partial charge on any atom is -0.486 e. The molecule has 0 radical (unpaired) electrons. The van der Waals surface area contributed by atoms with Crippen molar-refractivity contribution in [2.24, 2.45) is 0 Å². The van der Waals surface area contributed by atoms with Crippen molar-refractivity contribution in [2.45, 2.75) is 6.54 Å². The maximum Gasteiger partial charge on any atom is 0.321 e. The van der Waals surface area contributed by atoms with E-state index >= 15 is 0 Å². The molecule has 3 aromatic rings. The second kappa shape index (κ2) is 7.41. The molecule has 2 heterocycles. The normalized spacial score (nSPS) is 12.5. The second-order valence-corrected chi connectivity index (χ2v) is 6.27. The van der Waals surface area contributed by atoms with E-state index in [2.05, 4.69) is 10.4 Å². The maximum atomic E-state index is 12.5. The van der Waals surface area contributed by atoms with Gasteiger partial charge in [0.2, 0.25) is 0 Å². The predicted octanol–water partition coefficient (Wildman–Crippen LogP) is 3.31. The lowest BCUT2D eigenvalue weighted by Gasteiger charge is -2.20.